The number of fused-ring (bicyclic) bond motifs is 3. The van der Waals surface area contributed by atoms with Crippen LogP contribution in [-0.4, -0.2) is 14.1 Å². The highest BCUT2D eigenvalue weighted by Gasteiger charge is 2.40. The molecule has 11 aromatic rings. The van der Waals surface area contributed by atoms with Gasteiger partial charge in [0.15, 0.2) is 0 Å². The van der Waals surface area contributed by atoms with E-state index in [1.807, 2.05) is 6.20 Å². The normalized spacial score (nSPS) is 12.6. The number of benzene rings is 8. The first-order valence-electron chi connectivity index (χ1n) is 27.5. The third-order valence-corrected chi connectivity index (χ3v) is 16.3. The van der Waals surface area contributed by atoms with Crippen LogP contribution in [-0.2, 0) is 27.1 Å². The number of ether oxygens (including phenoxy) is 1. The zero-order chi connectivity index (χ0) is 54.8. The molecule has 0 aliphatic rings. The minimum atomic E-state index is -0.508. The zero-order valence-electron chi connectivity index (χ0n) is 47.5. The van der Waals surface area contributed by atoms with E-state index >= 15 is 0 Å². The molecule has 0 radical (unpaired) electrons. The molecule has 0 saturated heterocycles. The van der Waals surface area contributed by atoms with Gasteiger partial charge in [-0.15, -0.1) is 0 Å². The van der Waals surface area contributed by atoms with Crippen molar-refractivity contribution in [2.24, 2.45) is 0 Å². The highest BCUT2D eigenvalue weighted by Crippen LogP contribution is 2.44. The van der Waals surface area contributed by atoms with Crippen LogP contribution in [0.3, 0.4) is 0 Å². The fourth-order valence-electron chi connectivity index (χ4n) is 11.4. The molecule has 3 heterocycles. The van der Waals surface area contributed by atoms with Gasteiger partial charge in [0.2, 0.25) is 0 Å². The van der Waals surface area contributed by atoms with Gasteiger partial charge in [-0.05, 0) is 122 Å². The van der Waals surface area contributed by atoms with Crippen LogP contribution >= 0.6 is 0 Å². The van der Waals surface area contributed by atoms with Crippen molar-refractivity contribution in [1.29, 1.82) is 0 Å². The first kappa shape index (κ1) is 51.8. The third-order valence-electron chi connectivity index (χ3n) is 16.3. The van der Waals surface area contributed by atoms with Crippen LogP contribution in [0.25, 0.3) is 50.1 Å². The Labute approximate surface area is 462 Å². The van der Waals surface area contributed by atoms with Crippen LogP contribution in [0, 0.1) is 6.33 Å². The molecule has 0 amide bonds. The lowest BCUT2D eigenvalue weighted by molar-refractivity contribution is -0.611. The number of aromatic nitrogens is 4. The minimum absolute atomic E-state index is 0.0560. The summed E-state index contributed by atoms with van der Waals surface area (Å²) >= 11 is 0. The number of hydrogen-bond donors (Lipinski definition) is 0. The molecular formula is C73H72N4O. The van der Waals surface area contributed by atoms with Gasteiger partial charge in [0, 0.05) is 39.3 Å². The van der Waals surface area contributed by atoms with Crippen molar-refractivity contribution in [2.75, 3.05) is 0 Å². The maximum Gasteiger partial charge on any atom is 0.269 e. The van der Waals surface area contributed by atoms with Gasteiger partial charge in [-0.2, -0.15) is 0 Å². The van der Waals surface area contributed by atoms with Crippen LogP contribution in [0.15, 0.2) is 219 Å². The van der Waals surface area contributed by atoms with Crippen molar-refractivity contribution in [3.63, 3.8) is 0 Å². The predicted octanol–water partition coefficient (Wildman–Crippen LogP) is 18.1. The molecule has 11 rings (SSSR count). The second-order valence-corrected chi connectivity index (χ2v) is 24.8. The maximum absolute atomic E-state index is 7.06. The van der Waals surface area contributed by atoms with Crippen LogP contribution < -0.4 is 9.30 Å². The molecule has 78 heavy (non-hydrogen) atoms. The number of imidazole rings is 1. The fourth-order valence-corrected chi connectivity index (χ4v) is 11.4. The number of rotatable bonds is 12. The lowest BCUT2D eigenvalue weighted by Gasteiger charge is -2.35. The van der Waals surface area contributed by atoms with E-state index in [1.165, 1.54) is 44.5 Å². The van der Waals surface area contributed by atoms with Gasteiger partial charge < -0.3 is 4.74 Å². The molecule has 0 spiro atoms. The molecule has 0 unspecified atom stereocenters. The summed E-state index contributed by atoms with van der Waals surface area (Å²) in [5.74, 6) is 2.32. The second kappa shape index (κ2) is 19.6. The van der Waals surface area contributed by atoms with E-state index in [2.05, 4.69) is 315 Å². The topological polar surface area (TPSA) is 35.9 Å². The predicted molar refractivity (Wildman–Crippen MR) is 323 cm³/mol. The molecule has 3 aromatic heterocycles. The largest absolute Gasteiger partial charge is 0.458 e. The van der Waals surface area contributed by atoms with Gasteiger partial charge in [-0.1, -0.05) is 223 Å². The molecule has 8 aromatic carbocycles. The molecular weight excluding hydrogens is 949 g/mol. The fraction of sp³-hybridized carbons (Fsp3) is 0.233. The SMILES string of the molecule is CC(C)(C)c1cc(-[n+]2[c-]n(-c3cccc(Oc4ccc5c6cc(-c7ccccc7)ccc6n(-c6cc(C(C)(C)C)ccn6)c5c4)c3)c(C(C)(C)c3ccccc3)c2C(C)(C)c2ccccc2)cc(C(C)(C)c2ccccc2)c1. The van der Waals surface area contributed by atoms with E-state index in [1.54, 1.807) is 0 Å². The van der Waals surface area contributed by atoms with Crippen molar-refractivity contribution in [3.05, 3.63) is 270 Å². The first-order chi connectivity index (χ1) is 37.2. The van der Waals surface area contributed by atoms with Crippen molar-refractivity contribution < 1.29 is 9.30 Å². The summed E-state index contributed by atoms with van der Waals surface area (Å²) in [6, 6.07) is 76.7. The molecule has 0 aliphatic carbocycles. The molecule has 0 aliphatic heterocycles. The van der Waals surface area contributed by atoms with Crippen molar-refractivity contribution >= 4 is 21.8 Å². The zero-order valence-corrected chi connectivity index (χ0v) is 47.5. The minimum Gasteiger partial charge on any atom is -0.458 e. The maximum atomic E-state index is 7.06. The highest BCUT2D eigenvalue weighted by molar-refractivity contribution is 6.10. The monoisotopic (exact) mass is 1020 g/mol. The molecule has 0 saturated carbocycles. The molecule has 390 valence electrons. The summed E-state index contributed by atoms with van der Waals surface area (Å²) in [5.41, 5.74) is 14.7. The van der Waals surface area contributed by atoms with Crippen molar-refractivity contribution in [2.45, 2.75) is 110 Å². The molecule has 0 fully saturated rings. The number of hydrogen-bond acceptors (Lipinski definition) is 2. The van der Waals surface area contributed by atoms with E-state index in [0.717, 1.165) is 61.9 Å². The van der Waals surface area contributed by atoms with E-state index in [-0.39, 0.29) is 16.2 Å². The van der Waals surface area contributed by atoms with Gasteiger partial charge in [0.05, 0.1) is 33.8 Å². The summed E-state index contributed by atoms with van der Waals surface area (Å²) in [7, 11) is 0. The van der Waals surface area contributed by atoms with Crippen molar-refractivity contribution in [3.8, 4) is 39.8 Å². The summed E-state index contributed by atoms with van der Waals surface area (Å²) in [6.45, 7) is 27.8. The van der Waals surface area contributed by atoms with Gasteiger partial charge in [-0.25, -0.2) is 4.98 Å². The lowest BCUT2D eigenvalue weighted by atomic mass is 9.72. The van der Waals surface area contributed by atoms with Gasteiger partial charge in [-0.3, -0.25) is 13.7 Å². The van der Waals surface area contributed by atoms with E-state index in [9.17, 15) is 0 Å². The smallest absolute Gasteiger partial charge is 0.269 e. The average Bonchev–Trinajstić information content (AvgIpc) is 4.21. The van der Waals surface area contributed by atoms with E-state index in [4.69, 9.17) is 9.72 Å². The Morgan fingerprint density at radius 3 is 1.62 bits per heavy atom. The molecule has 0 N–H and O–H groups in total. The molecule has 5 heteroatoms. The average molecular weight is 1020 g/mol. The quantitative estimate of drug-likeness (QED) is 0.0903. The summed E-state index contributed by atoms with van der Waals surface area (Å²) in [6.07, 6.45) is 6.02. The molecule has 0 atom stereocenters. The first-order valence-corrected chi connectivity index (χ1v) is 27.5. The summed E-state index contributed by atoms with van der Waals surface area (Å²) in [5, 5.41) is 2.29. The number of nitrogens with zero attached hydrogens (tertiary/aromatic N) is 4. The lowest BCUT2D eigenvalue weighted by Crippen LogP contribution is -2.43. The van der Waals surface area contributed by atoms with Crippen LogP contribution in [0.5, 0.6) is 11.5 Å². The summed E-state index contributed by atoms with van der Waals surface area (Å²) in [4.78, 5) is 5.01. The van der Waals surface area contributed by atoms with E-state index < -0.39 is 10.8 Å². The Bertz CT molecular complexity index is 3960. The Morgan fingerprint density at radius 2 is 0.987 bits per heavy atom. The Balaban J connectivity index is 1.11. The second-order valence-electron chi connectivity index (χ2n) is 24.8. The van der Waals surface area contributed by atoms with Crippen LogP contribution in [0.1, 0.15) is 128 Å². The van der Waals surface area contributed by atoms with Crippen LogP contribution in [0.2, 0.25) is 0 Å². The Kier molecular flexibility index (Phi) is 13.0. The third kappa shape index (κ3) is 9.54. The summed E-state index contributed by atoms with van der Waals surface area (Å²) < 4.78 is 14.0. The molecule has 0 bridgehead atoms. The number of pyridine rings is 1. The standard InChI is InChI=1S/C73H72N4O/c1-69(2,3)55-40-41-74-66(46-55)77-64-39-36-51(50-26-17-13-18-27-50)42-63(64)62-38-37-61(48-65(62)77)78-60-35-25-34-58(47-60)75-49-76(59-44-56(70(4,5)6)43-57(45-59)71(7,8)52-28-19-14-20-29-52)68(73(11,12)54-32-23-16-24-33-54)67(75)72(9,10)53-30-21-15-22-31-53/h13-48H,1-12H3. The highest BCUT2D eigenvalue weighted by atomic mass is 16.5. The Hall–Kier alpha value is -8.28. The molecule has 5 nitrogen and oxygen atoms in total. The van der Waals surface area contributed by atoms with Gasteiger partial charge in [0.1, 0.15) is 17.3 Å². The van der Waals surface area contributed by atoms with Crippen molar-refractivity contribution in [1.82, 2.24) is 14.1 Å². The van der Waals surface area contributed by atoms with Gasteiger partial charge in [0.25, 0.3) is 6.33 Å². The van der Waals surface area contributed by atoms with Gasteiger partial charge >= 0.3 is 0 Å². The Morgan fingerprint density at radius 1 is 0.410 bits per heavy atom. The van der Waals surface area contributed by atoms with E-state index in [0.29, 0.717) is 0 Å². The van der Waals surface area contributed by atoms with Crippen LogP contribution in [0.4, 0.5) is 0 Å².